The van der Waals surface area contributed by atoms with Gasteiger partial charge in [-0.3, -0.25) is 0 Å². The molecule has 0 saturated heterocycles. The number of benzene rings is 1. The van der Waals surface area contributed by atoms with Gasteiger partial charge in [0.25, 0.3) is 0 Å². The average Bonchev–Trinajstić information content (AvgIpc) is 3.28. The Morgan fingerprint density at radius 2 is 1.82 bits per heavy atom. The lowest BCUT2D eigenvalue weighted by molar-refractivity contribution is 0.340. The van der Waals surface area contributed by atoms with Crippen LogP contribution >= 0.6 is 12.2 Å². The molecule has 1 aromatic rings. The molecule has 2 aliphatic rings. The predicted molar refractivity (Wildman–Crippen MR) is 92.8 cm³/mol. The monoisotopic (exact) mass is 320 g/mol. The van der Waals surface area contributed by atoms with Crippen LogP contribution in [0.5, 0.6) is 11.5 Å². The number of rotatable bonds is 5. The van der Waals surface area contributed by atoms with Crippen LogP contribution in [-0.4, -0.2) is 24.9 Å². The van der Waals surface area contributed by atoms with E-state index in [4.69, 9.17) is 21.7 Å². The largest absolute Gasteiger partial charge is 0.493 e. The molecule has 0 atom stereocenters. The number of ether oxygens (including phenoxy) is 2. The summed E-state index contributed by atoms with van der Waals surface area (Å²) in [7, 11) is 3.27. The smallest absolute Gasteiger partial charge is 0.171 e. The van der Waals surface area contributed by atoms with Gasteiger partial charge in [0.05, 0.1) is 14.2 Å². The Kier molecular flexibility index (Phi) is 4.43. The van der Waals surface area contributed by atoms with E-state index in [-0.39, 0.29) is 5.54 Å². The Labute approximate surface area is 137 Å². The fourth-order valence-electron chi connectivity index (χ4n) is 3.58. The SMILES string of the molecule is COc1ccc(NC(=S)NC2(C3CC3)CCCC2)cc1OC. The van der Waals surface area contributed by atoms with Gasteiger partial charge in [-0.15, -0.1) is 0 Å². The van der Waals surface area contributed by atoms with Crippen molar-refractivity contribution in [1.82, 2.24) is 5.32 Å². The van der Waals surface area contributed by atoms with Crippen LogP contribution in [0.4, 0.5) is 5.69 Å². The zero-order valence-electron chi connectivity index (χ0n) is 13.3. The van der Waals surface area contributed by atoms with Gasteiger partial charge >= 0.3 is 0 Å². The highest BCUT2D eigenvalue weighted by atomic mass is 32.1. The van der Waals surface area contributed by atoms with Gasteiger partial charge in [0.1, 0.15) is 0 Å². The van der Waals surface area contributed by atoms with E-state index in [2.05, 4.69) is 10.6 Å². The molecule has 2 aliphatic carbocycles. The molecule has 0 radical (unpaired) electrons. The maximum atomic E-state index is 5.54. The van der Waals surface area contributed by atoms with E-state index in [9.17, 15) is 0 Å². The van der Waals surface area contributed by atoms with E-state index in [1.807, 2.05) is 18.2 Å². The first-order valence-corrected chi connectivity index (χ1v) is 8.39. The second kappa shape index (κ2) is 6.32. The third-order valence-electron chi connectivity index (χ3n) is 4.86. The third-order valence-corrected chi connectivity index (χ3v) is 5.06. The molecule has 0 aromatic heterocycles. The number of thiocarbonyl (C=S) groups is 1. The molecule has 0 unspecified atom stereocenters. The molecule has 22 heavy (non-hydrogen) atoms. The quantitative estimate of drug-likeness (QED) is 0.810. The molecular weight excluding hydrogens is 296 g/mol. The zero-order chi connectivity index (χ0) is 15.6. The van der Waals surface area contributed by atoms with Crippen LogP contribution in [0, 0.1) is 5.92 Å². The van der Waals surface area contributed by atoms with Crippen molar-refractivity contribution < 1.29 is 9.47 Å². The van der Waals surface area contributed by atoms with Crippen LogP contribution in [0.2, 0.25) is 0 Å². The lowest BCUT2D eigenvalue weighted by Crippen LogP contribution is -2.49. The van der Waals surface area contributed by atoms with Crippen molar-refractivity contribution in [2.24, 2.45) is 5.92 Å². The molecule has 0 amide bonds. The summed E-state index contributed by atoms with van der Waals surface area (Å²) in [4.78, 5) is 0. The van der Waals surface area contributed by atoms with Gasteiger partial charge in [-0.1, -0.05) is 12.8 Å². The predicted octanol–water partition coefficient (Wildman–Crippen LogP) is 3.71. The number of hydrogen-bond donors (Lipinski definition) is 2. The lowest BCUT2D eigenvalue weighted by atomic mass is 9.91. The van der Waals surface area contributed by atoms with E-state index in [1.165, 1.54) is 38.5 Å². The van der Waals surface area contributed by atoms with Gasteiger partial charge in [-0.05, 0) is 56.0 Å². The fraction of sp³-hybridized carbons (Fsp3) is 0.588. The van der Waals surface area contributed by atoms with Crippen molar-refractivity contribution in [1.29, 1.82) is 0 Å². The van der Waals surface area contributed by atoms with E-state index in [0.717, 1.165) is 17.4 Å². The van der Waals surface area contributed by atoms with Crippen LogP contribution in [0.15, 0.2) is 18.2 Å². The minimum Gasteiger partial charge on any atom is -0.493 e. The highest BCUT2D eigenvalue weighted by Crippen LogP contribution is 2.48. The van der Waals surface area contributed by atoms with Crippen LogP contribution in [0.1, 0.15) is 38.5 Å². The average molecular weight is 320 g/mol. The summed E-state index contributed by atoms with van der Waals surface area (Å²) in [5.41, 5.74) is 1.15. The molecule has 0 heterocycles. The Morgan fingerprint density at radius 3 is 2.41 bits per heavy atom. The van der Waals surface area contributed by atoms with Crippen molar-refractivity contribution in [2.45, 2.75) is 44.1 Å². The highest BCUT2D eigenvalue weighted by molar-refractivity contribution is 7.80. The number of anilines is 1. The first kappa shape index (κ1) is 15.4. The van der Waals surface area contributed by atoms with E-state index >= 15 is 0 Å². The third kappa shape index (κ3) is 3.14. The summed E-state index contributed by atoms with van der Waals surface area (Å²) in [6, 6.07) is 5.75. The Morgan fingerprint density at radius 1 is 1.14 bits per heavy atom. The number of hydrogen-bond acceptors (Lipinski definition) is 3. The molecular formula is C17H24N2O2S. The Hall–Kier alpha value is -1.49. The summed E-state index contributed by atoms with van der Waals surface area (Å²) in [6.07, 6.45) is 7.78. The highest BCUT2D eigenvalue weighted by Gasteiger charge is 2.47. The van der Waals surface area contributed by atoms with Gasteiger partial charge in [-0.2, -0.15) is 0 Å². The molecule has 2 saturated carbocycles. The first-order chi connectivity index (χ1) is 10.7. The molecule has 1 aromatic carbocycles. The van der Waals surface area contributed by atoms with Crippen molar-refractivity contribution >= 4 is 23.0 Å². The van der Waals surface area contributed by atoms with E-state index < -0.39 is 0 Å². The van der Waals surface area contributed by atoms with Crippen LogP contribution < -0.4 is 20.1 Å². The lowest BCUT2D eigenvalue weighted by Gasteiger charge is -2.32. The minimum atomic E-state index is 0.237. The van der Waals surface area contributed by atoms with Gasteiger partial charge < -0.3 is 20.1 Å². The first-order valence-electron chi connectivity index (χ1n) is 7.98. The fourth-order valence-corrected chi connectivity index (χ4v) is 3.90. The standard InChI is InChI=1S/C17H24N2O2S/c1-20-14-8-7-13(11-15(14)21-2)18-16(22)19-17(12-5-6-12)9-3-4-10-17/h7-8,11-12H,3-6,9-10H2,1-2H3,(H2,18,19,22). The molecule has 2 fully saturated rings. The molecule has 2 N–H and O–H groups in total. The summed E-state index contributed by atoms with van der Waals surface area (Å²) in [5, 5.41) is 7.61. The minimum absolute atomic E-state index is 0.237. The molecule has 0 aliphatic heterocycles. The molecule has 120 valence electrons. The van der Waals surface area contributed by atoms with Crippen LogP contribution in [0.3, 0.4) is 0 Å². The normalized spacial score (nSPS) is 19.5. The molecule has 0 bridgehead atoms. The van der Waals surface area contributed by atoms with Crippen molar-refractivity contribution in [3.05, 3.63) is 18.2 Å². The maximum absolute atomic E-state index is 5.54. The molecule has 0 spiro atoms. The van der Waals surface area contributed by atoms with Crippen molar-refractivity contribution in [3.8, 4) is 11.5 Å². The Bertz CT molecular complexity index is 552. The van der Waals surface area contributed by atoms with Crippen LogP contribution in [-0.2, 0) is 0 Å². The summed E-state index contributed by atoms with van der Waals surface area (Å²) in [6.45, 7) is 0. The molecule has 4 nitrogen and oxygen atoms in total. The molecule has 5 heteroatoms. The molecule has 3 rings (SSSR count). The number of methoxy groups -OCH3 is 2. The summed E-state index contributed by atoms with van der Waals surface area (Å²) >= 11 is 5.54. The van der Waals surface area contributed by atoms with E-state index in [0.29, 0.717) is 10.9 Å². The summed E-state index contributed by atoms with van der Waals surface area (Å²) < 4.78 is 10.6. The van der Waals surface area contributed by atoms with Crippen molar-refractivity contribution in [3.63, 3.8) is 0 Å². The van der Waals surface area contributed by atoms with Gasteiger partial charge in [0.15, 0.2) is 16.6 Å². The van der Waals surface area contributed by atoms with Crippen molar-refractivity contribution in [2.75, 3.05) is 19.5 Å². The topological polar surface area (TPSA) is 42.5 Å². The second-order valence-corrected chi connectivity index (χ2v) is 6.69. The van der Waals surface area contributed by atoms with Gasteiger partial charge in [0.2, 0.25) is 0 Å². The Balaban J connectivity index is 1.66. The zero-order valence-corrected chi connectivity index (χ0v) is 14.1. The second-order valence-electron chi connectivity index (χ2n) is 6.29. The maximum Gasteiger partial charge on any atom is 0.171 e. The van der Waals surface area contributed by atoms with Gasteiger partial charge in [0, 0.05) is 17.3 Å². The van der Waals surface area contributed by atoms with Crippen LogP contribution in [0.25, 0.3) is 0 Å². The summed E-state index contributed by atoms with van der Waals surface area (Å²) in [5.74, 6) is 2.23. The van der Waals surface area contributed by atoms with E-state index in [1.54, 1.807) is 14.2 Å². The van der Waals surface area contributed by atoms with Gasteiger partial charge in [-0.25, -0.2) is 0 Å². The number of nitrogens with one attached hydrogen (secondary N) is 2.